The lowest BCUT2D eigenvalue weighted by Crippen LogP contribution is -2.21. The van der Waals surface area contributed by atoms with Crippen LogP contribution in [0.25, 0.3) is 22.0 Å². The van der Waals surface area contributed by atoms with Crippen molar-refractivity contribution in [1.29, 1.82) is 0 Å². The number of nitrogens with one attached hydrogen (secondary N) is 1. The quantitative estimate of drug-likeness (QED) is 0.742. The number of hydrogen-bond donors (Lipinski definition) is 1. The summed E-state index contributed by atoms with van der Waals surface area (Å²) >= 11 is 0. The second-order valence-corrected chi connectivity index (χ2v) is 9.42. The fourth-order valence-corrected chi connectivity index (χ4v) is 5.41. The van der Waals surface area contributed by atoms with Crippen molar-refractivity contribution in [3.8, 4) is 16.9 Å². The molecule has 1 aliphatic rings. The molecule has 0 bridgehead atoms. The van der Waals surface area contributed by atoms with Gasteiger partial charge in [0.1, 0.15) is 15.6 Å². The Bertz CT molecular complexity index is 1050. The molecule has 0 amide bonds. The maximum absolute atomic E-state index is 11.7. The molecule has 0 spiro atoms. The summed E-state index contributed by atoms with van der Waals surface area (Å²) < 4.78 is 28.8. The first-order valence-electron chi connectivity index (χ1n) is 8.93. The van der Waals surface area contributed by atoms with Gasteiger partial charge in [0, 0.05) is 17.1 Å². The summed E-state index contributed by atoms with van der Waals surface area (Å²) in [5, 5.41) is 1.19. The minimum Gasteiger partial charge on any atom is -0.496 e. The maximum atomic E-state index is 11.7. The molecule has 1 aliphatic heterocycles. The van der Waals surface area contributed by atoms with Crippen LogP contribution in [-0.4, -0.2) is 32.0 Å². The van der Waals surface area contributed by atoms with E-state index in [1.807, 2.05) is 13.0 Å². The number of H-pyrrole nitrogens is 1. The third kappa shape index (κ3) is 3.12. The molecule has 1 saturated heterocycles. The molecule has 3 aromatic rings. The minimum atomic E-state index is -2.84. The molecule has 0 radical (unpaired) electrons. The lowest BCUT2D eigenvalue weighted by molar-refractivity contribution is 0.412. The molecule has 0 aliphatic carbocycles. The predicted octanol–water partition coefficient (Wildman–Crippen LogP) is 4.44. The molecule has 26 heavy (non-hydrogen) atoms. The third-order valence-corrected chi connectivity index (χ3v) is 7.15. The van der Waals surface area contributed by atoms with Gasteiger partial charge in [-0.25, -0.2) is 8.42 Å². The molecule has 2 heterocycles. The van der Waals surface area contributed by atoms with E-state index in [4.69, 9.17) is 4.74 Å². The van der Waals surface area contributed by atoms with Crippen LogP contribution in [0.3, 0.4) is 0 Å². The third-order valence-electron chi connectivity index (χ3n) is 5.44. The molecule has 0 saturated carbocycles. The van der Waals surface area contributed by atoms with Crippen molar-refractivity contribution in [3.05, 3.63) is 53.7 Å². The van der Waals surface area contributed by atoms with Gasteiger partial charge in [-0.1, -0.05) is 12.1 Å². The van der Waals surface area contributed by atoms with Crippen molar-refractivity contribution >= 4 is 20.7 Å². The zero-order valence-corrected chi connectivity index (χ0v) is 15.9. The summed E-state index contributed by atoms with van der Waals surface area (Å²) in [6.45, 7) is 2.05. The van der Waals surface area contributed by atoms with Gasteiger partial charge in [-0.05, 0) is 72.2 Å². The second-order valence-electron chi connectivity index (χ2n) is 7.11. The van der Waals surface area contributed by atoms with Crippen molar-refractivity contribution in [2.24, 2.45) is 0 Å². The second kappa shape index (κ2) is 6.47. The molecule has 5 heteroatoms. The van der Waals surface area contributed by atoms with Crippen LogP contribution in [0, 0.1) is 6.92 Å². The van der Waals surface area contributed by atoms with Crippen LogP contribution in [-0.2, 0) is 9.84 Å². The topological polar surface area (TPSA) is 59.2 Å². The van der Waals surface area contributed by atoms with Crippen molar-refractivity contribution in [1.82, 2.24) is 4.98 Å². The summed E-state index contributed by atoms with van der Waals surface area (Å²) in [4.78, 5) is 3.35. The zero-order chi connectivity index (χ0) is 18.3. The summed E-state index contributed by atoms with van der Waals surface area (Å²) in [7, 11) is -1.16. The Morgan fingerprint density at radius 1 is 1.04 bits per heavy atom. The summed E-state index contributed by atoms with van der Waals surface area (Å²) in [6.07, 6.45) is 3.47. The lowest BCUT2D eigenvalue weighted by atomic mass is 9.92. The molecule has 136 valence electrons. The Kier molecular flexibility index (Phi) is 4.27. The van der Waals surface area contributed by atoms with Crippen molar-refractivity contribution in [3.63, 3.8) is 0 Å². The molecule has 4 rings (SSSR count). The average molecular weight is 369 g/mol. The Hall–Kier alpha value is -2.27. The number of methoxy groups -OCH3 is 1. The van der Waals surface area contributed by atoms with Gasteiger partial charge < -0.3 is 9.72 Å². The van der Waals surface area contributed by atoms with Crippen LogP contribution in [0.1, 0.15) is 29.9 Å². The SMILES string of the molecule is COc1ccc(-c2ccc3[nH]cc(C4CCS(=O)(=O)CC4)c3c2)cc1C. The molecular formula is C21H23NO3S. The highest BCUT2D eigenvalue weighted by atomic mass is 32.2. The summed E-state index contributed by atoms with van der Waals surface area (Å²) in [5.41, 5.74) is 5.76. The van der Waals surface area contributed by atoms with Crippen LogP contribution in [0.4, 0.5) is 0 Å². The Morgan fingerprint density at radius 3 is 2.42 bits per heavy atom. The van der Waals surface area contributed by atoms with E-state index in [0.717, 1.165) is 28.0 Å². The summed E-state index contributed by atoms with van der Waals surface area (Å²) in [5.74, 6) is 1.78. The van der Waals surface area contributed by atoms with Crippen LogP contribution < -0.4 is 4.74 Å². The standard InChI is InChI=1S/C21H23NO3S/c1-14-11-16(4-6-21(14)25-2)17-3-5-20-18(12-17)19(13-22-20)15-7-9-26(23,24)10-8-15/h3-6,11-13,15,22H,7-10H2,1-2H3. The number of aromatic amines is 1. The van der Waals surface area contributed by atoms with Gasteiger partial charge in [-0.3, -0.25) is 0 Å². The van der Waals surface area contributed by atoms with E-state index in [2.05, 4.69) is 41.5 Å². The molecule has 0 unspecified atom stereocenters. The molecular weight excluding hydrogens is 346 g/mol. The first kappa shape index (κ1) is 17.2. The van der Waals surface area contributed by atoms with Crippen LogP contribution in [0.15, 0.2) is 42.6 Å². The van der Waals surface area contributed by atoms with Crippen LogP contribution in [0.2, 0.25) is 0 Å². The molecule has 1 fully saturated rings. The normalized spacial score (nSPS) is 17.5. The minimum absolute atomic E-state index is 0.293. The van der Waals surface area contributed by atoms with Crippen LogP contribution >= 0.6 is 0 Å². The molecule has 4 nitrogen and oxygen atoms in total. The number of fused-ring (bicyclic) bond motifs is 1. The first-order valence-corrected chi connectivity index (χ1v) is 10.8. The number of aromatic nitrogens is 1. The summed E-state index contributed by atoms with van der Waals surface area (Å²) in [6, 6.07) is 12.7. The first-order chi connectivity index (χ1) is 12.5. The van der Waals surface area contributed by atoms with Gasteiger partial charge in [-0.2, -0.15) is 0 Å². The van der Waals surface area contributed by atoms with Gasteiger partial charge in [0.15, 0.2) is 0 Å². The Balaban J connectivity index is 1.72. The van der Waals surface area contributed by atoms with Gasteiger partial charge in [-0.15, -0.1) is 0 Å². The van der Waals surface area contributed by atoms with Gasteiger partial charge >= 0.3 is 0 Å². The molecule has 0 atom stereocenters. The molecule has 1 N–H and O–H groups in total. The zero-order valence-electron chi connectivity index (χ0n) is 15.1. The number of rotatable bonds is 3. The predicted molar refractivity (Wildman–Crippen MR) is 106 cm³/mol. The fourth-order valence-electron chi connectivity index (χ4n) is 3.92. The number of benzene rings is 2. The van der Waals surface area contributed by atoms with Gasteiger partial charge in [0.05, 0.1) is 18.6 Å². The highest BCUT2D eigenvalue weighted by Crippen LogP contribution is 2.36. The van der Waals surface area contributed by atoms with E-state index >= 15 is 0 Å². The van der Waals surface area contributed by atoms with E-state index in [1.54, 1.807) is 7.11 Å². The average Bonchev–Trinajstić information content (AvgIpc) is 3.05. The van der Waals surface area contributed by atoms with Crippen LogP contribution in [0.5, 0.6) is 5.75 Å². The largest absolute Gasteiger partial charge is 0.496 e. The monoisotopic (exact) mass is 369 g/mol. The van der Waals surface area contributed by atoms with Crippen molar-refractivity contribution < 1.29 is 13.2 Å². The van der Waals surface area contributed by atoms with E-state index in [1.165, 1.54) is 10.9 Å². The highest BCUT2D eigenvalue weighted by Gasteiger charge is 2.26. The molecule has 2 aromatic carbocycles. The van der Waals surface area contributed by atoms with Crippen molar-refractivity contribution in [2.45, 2.75) is 25.7 Å². The van der Waals surface area contributed by atoms with E-state index in [9.17, 15) is 8.42 Å². The fraction of sp³-hybridized carbons (Fsp3) is 0.333. The highest BCUT2D eigenvalue weighted by molar-refractivity contribution is 7.91. The van der Waals surface area contributed by atoms with Gasteiger partial charge in [0.2, 0.25) is 0 Å². The Labute approximate surface area is 154 Å². The van der Waals surface area contributed by atoms with E-state index in [0.29, 0.717) is 30.3 Å². The number of hydrogen-bond acceptors (Lipinski definition) is 3. The van der Waals surface area contributed by atoms with Crippen molar-refractivity contribution in [2.75, 3.05) is 18.6 Å². The number of sulfone groups is 1. The maximum Gasteiger partial charge on any atom is 0.150 e. The Morgan fingerprint density at radius 2 is 1.73 bits per heavy atom. The lowest BCUT2D eigenvalue weighted by Gasteiger charge is -2.21. The van der Waals surface area contributed by atoms with E-state index in [-0.39, 0.29) is 0 Å². The van der Waals surface area contributed by atoms with E-state index < -0.39 is 9.84 Å². The van der Waals surface area contributed by atoms with Gasteiger partial charge in [0.25, 0.3) is 0 Å². The smallest absolute Gasteiger partial charge is 0.150 e. The number of aryl methyl sites for hydroxylation is 1. The molecule has 1 aromatic heterocycles. The number of ether oxygens (including phenoxy) is 1.